The molecule has 0 fully saturated rings. The molecule has 10 heteroatoms. The van der Waals surface area contributed by atoms with Crippen LogP contribution in [0.1, 0.15) is 5.82 Å². The molecule has 5 aromatic rings. The molecule has 0 unspecified atom stereocenters. The third-order valence-electron chi connectivity index (χ3n) is 4.78. The van der Waals surface area contributed by atoms with Gasteiger partial charge in [-0.15, -0.1) is 5.10 Å². The van der Waals surface area contributed by atoms with Gasteiger partial charge in [0.1, 0.15) is 35.8 Å². The number of ether oxygens (including phenoxy) is 1. The van der Waals surface area contributed by atoms with Crippen LogP contribution in [0.25, 0.3) is 28.0 Å². The molecule has 0 aliphatic carbocycles. The van der Waals surface area contributed by atoms with Crippen LogP contribution in [0, 0.1) is 11.6 Å². The molecular weight excluding hydrogens is 404 g/mol. The van der Waals surface area contributed by atoms with E-state index in [2.05, 4.69) is 25.4 Å². The van der Waals surface area contributed by atoms with Crippen molar-refractivity contribution in [3.8, 4) is 22.7 Å². The first-order valence-corrected chi connectivity index (χ1v) is 9.34. The minimum atomic E-state index is -0.476. The molecule has 0 amide bonds. The molecule has 0 N–H and O–H groups in total. The molecule has 2 aromatic carbocycles. The van der Waals surface area contributed by atoms with Crippen LogP contribution in [-0.4, -0.2) is 34.7 Å². The van der Waals surface area contributed by atoms with Crippen LogP contribution >= 0.6 is 0 Å². The molecule has 0 aliphatic heterocycles. The first-order chi connectivity index (χ1) is 15.1. The highest BCUT2D eigenvalue weighted by Gasteiger charge is 2.19. The average Bonchev–Trinajstić information content (AvgIpc) is 3.38. The van der Waals surface area contributed by atoms with Crippen LogP contribution in [0.3, 0.4) is 0 Å². The first-order valence-electron chi connectivity index (χ1n) is 9.34. The summed E-state index contributed by atoms with van der Waals surface area (Å²) < 4.78 is 37.6. The van der Waals surface area contributed by atoms with E-state index in [0.29, 0.717) is 22.5 Å². The van der Waals surface area contributed by atoms with Crippen LogP contribution < -0.4 is 4.74 Å². The van der Waals surface area contributed by atoms with Gasteiger partial charge in [-0.25, -0.2) is 13.8 Å². The molecule has 5 rings (SSSR count). The second-order valence-electron chi connectivity index (χ2n) is 6.70. The summed E-state index contributed by atoms with van der Waals surface area (Å²) in [7, 11) is 1.73. The molecule has 0 saturated heterocycles. The number of para-hydroxylation sites is 1. The number of hydrogen-bond acceptors (Lipinski definition) is 6. The first kappa shape index (κ1) is 18.8. The maximum atomic E-state index is 14.6. The van der Waals surface area contributed by atoms with E-state index >= 15 is 0 Å². The van der Waals surface area contributed by atoms with E-state index in [0.717, 1.165) is 0 Å². The fraction of sp³-hybridized carbons (Fsp3) is 0.0952. The number of pyridine rings is 1. The third kappa shape index (κ3) is 3.37. The SMILES string of the molecule is Cn1ncnc1COc1nc2c(cc1-c1ccccc1F)nnn2-c1ccccc1F. The third-order valence-corrected chi connectivity index (χ3v) is 4.78. The lowest BCUT2D eigenvalue weighted by atomic mass is 10.1. The van der Waals surface area contributed by atoms with Crippen molar-refractivity contribution in [1.29, 1.82) is 0 Å². The number of rotatable bonds is 5. The second kappa shape index (κ2) is 7.56. The smallest absolute Gasteiger partial charge is 0.224 e. The van der Waals surface area contributed by atoms with Gasteiger partial charge in [-0.1, -0.05) is 35.5 Å². The van der Waals surface area contributed by atoms with Crippen LogP contribution in [0.2, 0.25) is 0 Å². The second-order valence-corrected chi connectivity index (χ2v) is 6.70. The Kier molecular flexibility index (Phi) is 4.58. The van der Waals surface area contributed by atoms with Crippen molar-refractivity contribution in [2.24, 2.45) is 7.05 Å². The molecule has 0 spiro atoms. The largest absolute Gasteiger partial charge is 0.469 e. The number of aromatic nitrogens is 7. The standard InChI is InChI=1S/C21H15F2N7O/c1-29-19(24-12-25-29)11-31-21-14(13-6-2-3-7-15(13)22)10-17-20(26-21)30(28-27-17)18-9-5-4-8-16(18)23/h2-10,12H,11H2,1H3. The maximum absolute atomic E-state index is 14.6. The minimum Gasteiger partial charge on any atom is -0.469 e. The molecule has 154 valence electrons. The van der Waals surface area contributed by atoms with Gasteiger partial charge in [0.15, 0.2) is 11.5 Å². The number of halogens is 2. The van der Waals surface area contributed by atoms with Crippen molar-refractivity contribution in [3.63, 3.8) is 0 Å². The Balaban J connectivity index is 1.67. The molecule has 0 atom stereocenters. The molecule has 0 bridgehead atoms. The summed E-state index contributed by atoms with van der Waals surface area (Å²) >= 11 is 0. The van der Waals surface area contributed by atoms with Crippen molar-refractivity contribution >= 4 is 11.2 Å². The van der Waals surface area contributed by atoms with Gasteiger partial charge in [-0.2, -0.15) is 14.8 Å². The summed E-state index contributed by atoms with van der Waals surface area (Å²) in [6.45, 7) is 0.0533. The van der Waals surface area contributed by atoms with Gasteiger partial charge in [0.05, 0.1) is 0 Å². The summed E-state index contributed by atoms with van der Waals surface area (Å²) in [5.74, 6) is -0.216. The molecule has 3 heterocycles. The van der Waals surface area contributed by atoms with E-state index in [-0.39, 0.29) is 23.8 Å². The zero-order valence-corrected chi connectivity index (χ0v) is 16.3. The Morgan fingerprint density at radius 1 is 0.968 bits per heavy atom. The Labute approximate surface area is 174 Å². The zero-order chi connectivity index (χ0) is 21.4. The van der Waals surface area contributed by atoms with Gasteiger partial charge in [0.25, 0.3) is 0 Å². The Morgan fingerprint density at radius 3 is 2.48 bits per heavy atom. The number of nitrogens with zero attached hydrogens (tertiary/aromatic N) is 7. The van der Waals surface area contributed by atoms with Crippen molar-refractivity contribution in [3.05, 3.63) is 78.4 Å². The van der Waals surface area contributed by atoms with E-state index in [1.807, 2.05) is 0 Å². The highest BCUT2D eigenvalue weighted by atomic mass is 19.1. The Hall–Kier alpha value is -4.21. The summed E-state index contributed by atoms with van der Waals surface area (Å²) in [6, 6.07) is 14.1. The van der Waals surface area contributed by atoms with Gasteiger partial charge in [-0.3, -0.25) is 4.68 Å². The number of benzene rings is 2. The van der Waals surface area contributed by atoms with Crippen LogP contribution in [0.5, 0.6) is 5.88 Å². The molecule has 0 radical (unpaired) electrons. The lowest BCUT2D eigenvalue weighted by Gasteiger charge is -2.12. The topological polar surface area (TPSA) is 83.5 Å². The molecule has 3 aromatic heterocycles. The van der Waals surface area contributed by atoms with Gasteiger partial charge in [-0.05, 0) is 24.3 Å². The summed E-state index contributed by atoms with van der Waals surface area (Å²) in [5.41, 5.74) is 1.53. The number of hydrogen-bond donors (Lipinski definition) is 0. The van der Waals surface area contributed by atoms with Crippen LogP contribution in [0.15, 0.2) is 60.9 Å². The fourth-order valence-corrected chi connectivity index (χ4v) is 3.19. The molecule has 0 saturated carbocycles. The Bertz CT molecular complexity index is 1400. The van der Waals surface area contributed by atoms with E-state index < -0.39 is 11.6 Å². The highest BCUT2D eigenvalue weighted by molar-refractivity contribution is 5.82. The number of aryl methyl sites for hydroxylation is 1. The van der Waals surface area contributed by atoms with Crippen LogP contribution in [-0.2, 0) is 13.7 Å². The normalized spacial score (nSPS) is 11.2. The molecule has 31 heavy (non-hydrogen) atoms. The fourth-order valence-electron chi connectivity index (χ4n) is 3.19. The summed E-state index contributed by atoms with van der Waals surface area (Å²) in [6.07, 6.45) is 1.41. The zero-order valence-electron chi connectivity index (χ0n) is 16.3. The van der Waals surface area contributed by atoms with E-state index in [1.165, 1.54) is 23.1 Å². The summed E-state index contributed by atoms with van der Waals surface area (Å²) in [5, 5.41) is 12.1. The van der Waals surface area contributed by atoms with Crippen LogP contribution in [0.4, 0.5) is 8.78 Å². The highest BCUT2D eigenvalue weighted by Crippen LogP contribution is 2.33. The lowest BCUT2D eigenvalue weighted by molar-refractivity contribution is 0.280. The van der Waals surface area contributed by atoms with Gasteiger partial charge >= 0.3 is 0 Å². The number of fused-ring (bicyclic) bond motifs is 1. The summed E-state index contributed by atoms with van der Waals surface area (Å²) in [4.78, 5) is 8.65. The van der Waals surface area contributed by atoms with Crippen molar-refractivity contribution in [1.82, 2.24) is 34.7 Å². The quantitative estimate of drug-likeness (QED) is 0.434. The molecule has 0 aliphatic rings. The maximum Gasteiger partial charge on any atom is 0.224 e. The van der Waals surface area contributed by atoms with E-state index in [1.54, 1.807) is 54.2 Å². The monoisotopic (exact) mass is 419 g/mol. The van der Waals surface area contributed by atoms with Gasteiger partial charge in [0.2, 0.25) is 5.88 Å². The van der Waals surface area contributed by atoms with E-state index in [4.69, 9.17) is 4.74 Å². The van der Waals surface area contributed by atoms with Gasteiger partial charge in [0, 0.05) is 18.2 Å². The van der Waals surface area contributed by atoms with Crippen molar-refractivity contribution in [2.45, 2.75) is 6.61 Å². The molecule has 8 nitrogen and oxygen atoms in total. The lowest BCUT2D eigenvalue weighted by Crippen LogP contribution is -2.07. The van der Waals surface area contributed by atoms with E-state index in [9.17, 15) is 8.78 Å². The Morgan fingerprint density at radius 2 is 1.74 bits per heavy atom. The predicted octanol–water partition coefficient (Wildman–Crippen LogP) is 3.47. The van der Waals surface area contributed by atoms with Crippen molar-refractivity contribution < 1.29 is 13.5 Å². The van der Waals surface area contributed by atoms with Crippen molar-refractivity contribution in [2.75, 3.05) is 0 Å². The van der Waals surface area contributed by atoms with Gasteiger partial charge < -0.3 is 4.74 Å². The average molecular weight is 419 g/mol. The predicted molar refractivity (Wildman–Crippen MR) is 107 cm³/mol. The minimum absolute atomic E-state index is 0.0533. The molecular formula is C21H15F2N7O.